The van der Waals surface area contributed by atoms with E-state index in [1.807, 2.05) is 25.1 Å². The molecular weight excluding hydrogens is 364 g/mol. The average Bonchev–Trinajstić information content (AvgIpc) is 3.11. The Kier molecular flexibility index (Phi) is 5.23. The van der Waals surface area contributed by atoms with Gasteiger partial charge in [-0.05, 0) is 48.9 Å². The normalized spacial score (nSPS) is 21.1. The Morgan fingerprint density at radius 3 is 2.81 bits per heavy atom. The molecule has 2 aromatic rings. The van der Waals surface area contributed by atoms with Crippen LogP contribution in [0.4, 0.5) is 5.69 Å². The molecule has 27 heavy (non-hydrogen) atoms. The van der Waals surface area contributed by atoms with Gasteiger partial charge in [0.15, 0.2) is 18.0 Å². The Balaban J connectivity index is 1.44. The van der Waals surface area contributed by atoms with Crippen LogP contribution in [0.2, 0.25) is 5.02 Å². The lowest BCUT2D eigenvalue weighted by Crippen LogP contribution is -3.11. The Morgan fingerprint density at radius 2 is 2.00 bits per heavy atom. The summed E-state index contributed by atoms with van der Waals surface area (Å²) in [6.45, 7) is 4.56. The molecule has 2 aliphatic rings. The van der Waals surface area contributed by atoms with Gasteiger partial charge in [0.2, 0.25) is 0 Å². The van der Waals surface area contributed by atoms with Crippen LogP contribution in [0.15, 0.2) is 36.4 Å². The predicted molar refractivity (Wildman–Crippen MR) is 105 cm³/mol. The minimum absolute atomic E-state index is 0.0277. The maximum Gasteiger partial charge on any atom is 0.279 e. The van der Waals surface area contributed by atoms with Gasteiger partial charge in [-0.2, -0.15) is 0 Å². The SMILES string of the molecule is Cc1cc(Cl)ccc1NC(=O)C[NH+]1CCC[C@H]1c1ccc2c(c1)OCCO2. The zero-order chi connectivity index (χ0) is 18.8. The third-order valence-corrected chi connectivity index (χ3v) is 5.54. The van der Waals surface area contributed by atoms with Crippen LogP contribution in [0.1, 0.15) is 30.0 Å². The van der Waals surface area contributed by atoms with Gasteiger partial charge in [-0.1, -0.05) is 11.6 Å². The van der Waals surface area contributed by atoms with Crippen molar-refractivity contribution in [2.24, 2.45) is 0 Å². The second-order valence-electron chi connectivity index (χ2n) is 7.19. The number of quaternary nitrogens is 1. The van der Waals surface area contributed by atoms with Crippen LogP contribution in [0.5, 0.6) is 11.5 Å². The Labute approximate surface area is 164 Å². The molecule has 6 heteroatoms. The van der Waals surface area contributed by atoms with Crippen LogP contribution in [0, 0.1) is 6.92 Å². The number of hydrogen-bond donors (Lipinski definition) is 2. The summed E-state index contributed by atoms with van der Waals surface area (Å²) in [6.07, 6.45) is 2.18. The first-order chi connectivity index (χ1) is 13.1. The maximum absolute atomic E-state index is 12.6. The van der Waals surface area contributed by atoms with Crippen molar-refractivity contribution >= 4 is 23.2 Å². The molecule has 142 valence electrons. The van der Waals surface area contributed by atoms with E-state index < -0.39 is 0 Å². The van der Waals surface area contributed by atoms with Gasteiger partial charge in [-0.15, -0.1) is 0 Å². The summed E-state index contributed by atoms with van der Waals surface area (Å²) in [6, 6.07) is 12.0. The van der Waals surface area contributed by atoms with Crippen LogP contribution < -0.4 is 19.7 Å². The van der Waals surface area contributed by atoms with Gasteiger partial charge < -0.3 is 19.7 Å². The lowest BCUT2D eigenvalue weighted by Gasteiger charge is -2.24. The first-order valence-corrected chi connectivity index (χ1v) is 9.78. The molecule has 2 atom stereocenters. The molecule has 0 aliphatic carbocycles. The maximum atomic E-state index is 12.6. The van der Waals surface area contributed by atoms with Crippen molar-refractivity contribution in [2.75, 3.05) is 31.6 Å². The highest BCUT2D eigenvalue weighted by molar-refractivity contribution is 6.30. The average molecular weight is 388 g/mol. The summed E-state index contributed by atoms with van der Waals surface area (Å²) in [5, 5.41) is 3.70. The number of nitrogens with one attached hydrogen (secondary N) is 2. The Hall–Kier alpha value is -2.24. The van der Waals surface area contributed by atoms with Gasteiger partial charge in [-0.3, -0.25) is 4.79 Å². The minimum Gasteiger partial charge on any atom is -0.486 e. The van der Waals surface area contributed by atoms with E-state index in [0.29, 0.717) is 30.8 Å². The highest BCUT2D eigenvalue weighted by Gasteiger charge is 2.32. The van der Waals surface area contributed by atoms with E-state index in [-0.39, 0.29) is 5.91 Å². The lowest BCUT2D eigenvalue weighted by molar-refractivity contribution is -0.910. The topological polar surface area (TPSA) is 52.0 Å². The number of benzene rings is 2. The molecule has 0 bridgehead atoms. The molecule has 0 radical (unpaired) electrons. The number of ether oxygens (including phenoxy) is 2. The zero-order valence-electron chi connectivity index (χ0n) is 15.4. The highest BCUT2D eigenvalue weighted by Crippen LogP contribution is 2.33. The molecule has 1 saturated heterocycles. The summed E-state index contributed by atoms with van der Waals surface area (Å²) < 4.78 is 11.3. The fourth-order valence-electron chi connectivity index (χ4n) is 3.97. The largest absolute Gasteiger partial charge is 0.486 e. The number of fused-ring (bicyclic) bond motifs is 1. The van der Waals surface area contributed by atoms with Crippen molar-refractivity contribution in [2.45, 2.75) is 25.8 Å². The predicted octanol–water partition coefficient (Wildman–Crippen LogP) is 2.78. The summed E-state index contributed by atoms with van der Waals surface area (Å²) in [5.74, 6) is 1.65. The van der Waals surface area contributed by atoms with Crippen molar-refractivity contribution < 1.29 is 19.2 Å². The van der Waals surface area contributed by atoms with Gasteiger partial charge in [0.05, 0.1) is 6.54 Å². The second kappa shape index (κ2) is 7.79. The van der Waals surface area contributed by atoms with Crippen LogP contribution in [-0.4, -0.2) is 32.2 Å². The fraction of sp³-hybridized carbons (Fsp3) is 0.381. The van der Waals surface area contributed by atoms with E-state index in [1.165, 1.54) is 10.5 Å². The van der Waals surface area contributed by atoms with E-state index in [0.717, 1.165) is 42.1 Å². The van der Waals surface area contributed by atoms with Crippen molar-refractivity contribution in [1.82, 2.24) is 0 Å². The summed E-state index contributed by atoms with van der Waals surface area (Å²) in [5.41, 5.74) is 3.00. The van der Waals surface area contributed by atoms with E-state index >= 15 is 0 Å². The molecule has 1 fully saturated rings. The van der Waals surface area contributed by atoms with Crippen LogP contribution in [-0.2, 0) is 4.79 Å². The van der Waals surface area contributed by atoms with E-state index in [4.69, 9.17) is 21.1 Å². The molecular formula is C21H24ClN2O3+. The van der Waals surface area contributed by atoms with Crippen molar-refractivity contribution in [3.05, 3.63) is 52.5 Å². The molecule has 0 spiro atoms. The first kappa shape index (κ1) is 18.1. The first-order valence-electron chi connectivity index (χ1n) is 9.40. The summed E-state index contributed by atoms with van der Waals surface area (Å²) in [4.78, 5) is 13.9. The standard InChI is InChI=1S/C21H23ClN2O3/c1-14-11-16(22)5-6-17(14)23-21(25)13-24-8-2-3-18(24)15-4-7-19-20(12-15)27-10-9-26-19/h4-7,11-12,18H,2-3,8-10,13H2,1H3,(H,23,25)/p+1/t18-/m0/s1. The van der Waals surface area contributed by atoms with Crippen LogP contribution in [0.3, 0.4) is 0 Å². The minimum atomic E-state index is 0.0277. The lowest BCUT2D eigenvalue weighted by atomic mass is 10.0. The molecule has 4 rings (SSSR count). The number of carbonyl (C=O) groups excluding carboxylic acids is 1. The number of carbonyl (C=O) groups is 1. The van der Waals surface area contributed by atoms with Crippen molar-refractivity contribution in [3.8, 4) is 11.5 Å². The Bertz CT molecular complexity index is 855. The fourth-order valence-corrected chi connectivity index (χ4v) is 4.20. The monoisotopic (exact) mass is 387 g/mol. The van der Waals surface area contributed by atoms with Crippen LogP contribution >= 0.6 is 11.6 Å². The van der Waals surface area contributed by atoms with Gasteiger partial charge in [0.25, 0.3) is 5.91 Å². The molecule has 2 aliphatic heterocycles. The molecule has 0 saturated carbocycles. The van der Waals surface area contributed by atoms with E-state index in [2.05, 4.69) is 17.4 Å². The van der Waals surface area contributed by atoms with Crippen LogP contribution in [0.25, 0.3) is 0 Å². The van der Waals surface area contributed by atoms with Gasteiger partial charge in [-0.25, -0.2) is 0 Å². The van der Waals surface area contributed by atoms with Gasteiger partial charge >= 0.3 is 0 Å². The number of aryl methyl sites for hydroxylation is 1. The quantitative estimate of drug-likeness (QED) is 0.848. The zero-order valence-corrected chi connectivity index (χ0v) is 16.1. The number of halogens is 1. The number of amides is 1. The van der Waals surface area contributed by atoms with E-state index in [9.17, 15) is 4.79 Å². The second-order valence-corrected chi connectivity index (χ2v) is 7.63. The smallest absolute Gasteiger partial charge is 0.279 e. The summed E-state index contributed by atoms with van der Waals surface area (Å²) >= 11 is 5.99. The molecule has 5 nitrogen and oxygen atoms in total. The number of likely N-dealkylation sites (tertiary alicyclic amines) is 1. The third-order valence-electron chi connectivity index (χ3n) is 5.30. The summed E-state index contributed by atoms with van der Waals surface area (Å²) in [7, 11) is 0. The Morgan fingerprint density at radius 1 is 1.19 bits per heavy atom. The van der Waals surface area contributed by atoms with Crippen molar-refractivity contribution in [3.63, 3.8) is 0 Å². The van der Waals surface area contributed by atoms with Crippen molar-refractivity contribution in [1.29, 1.82) is 0 Å². The molecule has 1 unspecified atom stereocenters. The molecule has 1 amide bonds. The van der Waals surface area contributed by atoms with E-state index in [1.54, 1.807) is 6.07 Å². The van der Waals surface area contributed by atoms with Gasteiger partial charge in [0, 0.05) is 29.1 Å². The third kappa shape index (κ3) is 4.04. The number of hydrogen-bond acceptors (Lipinski definition) is 3. The molecule has 2 heterocycles. The number of rotatable bonds is 4. The molecule has 2 aromatic carbocycles. The van der Waals surface area contributed by atoms with Gasteiger partial charge in [0.1, 0.15) is 19.3 Å². The molecule has 2 N–H and O–H groups in total. The highest BCUT2D eigenvalue weighted by atomic mass is 35.5. The molecule has 0 aromatic heterocycles. The number of anilines is 1.